The number of phenols is 1. The number of rotatable bonds is 3. The quantitative estimate of drug-likeness (QED) is 0.840. The van der Waals surface area contributed by atoms with Crippen molar-refractivity contribution in [3.05, 3.63) is 29.8 Å². The average Bonchev–Trinajstić information content (AvgIpc) is 2.30. The molecule has 0 bridgehead atoms. The van der Waals surface area contributed by atoms with Crippen molar-refractivity contribution in [3.8, 4) is 5.75 Å². The molecule has 2 heteroatoms. The summed E-state index contributed by atoms with van der Waals surface area (Å²) < 4.78 is 0. The van der Waals surface area contributed by atoms with Crippen molar-refractivity contribution in [2.24, 2.45) is 11.8 Å². The summed E-state index contributed by atoms with van der Waals surface area (Å²) in [6, 6.07) is 7.79. The van der Waals surface area contributed by atoms with Crippen molar-refractivity contribution in [1.82, 2.24) is 5.32 Å². The van der Waals surface area contributed by atoms with E-state index in [2.05, 4.69) is 25.2 Å². The van der Waals surface area contributed by atoms with E-state index in [-0.39, 0.29) is 0 Å². The van der Waals surface area contributed by atoms with E-state index >= 15 is 0 Å². The van der Waals surface area contributed by atoms with Crippen LogP contribution in [0.1, 0.15) is 38.2 Å². The Morgan fingerprint density at radius 1 is 1.35 bits per heavy atom. The first-order chi connectivity index (χ1) is 8.18. The zero-order valence-corrected chi connectivity index (χ0v) is 10.8. The highest BCUT2D eigenvalue weighted by atomic mass is 16.3. The molecular weight excluding hydrogens is 210 g/mol. The van der Waals surface area contributed by atoms with Crippen LogP contribution in [-0.2, 0) is 0 Å². The number of nitrogens with one attached hydrogen (secondary N) is 1. The predicted octanol–water partition coefficient (Wildman–Crippen LogP) is 3.13. The summed E-state index contributed by atoms with van der Waals surface area (Å²) in [5.41, 5.74) is 1.29. The molecule has 1 aliphatic heterocycles. The second-order valence-corrected chi connectivity index (χ2v) is 5.47. The van der Waals surface area contributed by atoms with Gasteiger partial charge in [0.05, 0.1) is 0 Å². The molecule has 0 saturated carbocycles. The van der Waals surface area contributed by atoms with Gasteiger partial charge in [0.25, 0.3) is 0 Å². The molecule has 1 saturated heterocycles. The number of hydrogen-bond acceptors (Lipinski definition) is 2. The smallest absolute Gasteiger partial charge is 0.115 e. The van der Waals surface area contributed by atoms with Gasteiger partial charge in [-0.1, -0.05) is 26.0 Å². The Morgan fingerprint density at radius 2 is 2.18 bits per heavy atom. The van der Waals surface area contributed by atoms with Crippen LogP contribution in [0.2, 0.25) is 0 Å². The molecular formula is C15H23NO. The van der Waals surface area contributed by atoms with Crippen LogP contribution in [0, 0.1) is 11.8 Å². The maximum absolute atomic E-state index is 9.63. The van der Waals surface area contributed by atoms with Crippen molar-refractivity contribution in [3.63, 3.8) is 0 Å². The zero-order valence-electron chi connectivity index (χ0n) is 10.8. The van der Waals surface area contributed by atoms with E-state index < -0.39 is 0 Å². The van der Waals surface area contributed by atoms with Gasteiger partial charge in [-0.2, -0.15) is 0 Å². The van der Waals surface area contributed by atoms with E-state index in [0.29, 0.717) is 23.5 Å². The molecule has 0 amide bonds. The van der Waals surface area contributed by atoms with Crippen LogP contribution >= 0.6 is 0 Å². The molecule has 94 valence electrons. The minimum absolute atomic E-state index is 0.386. The second-order valence-electron chi connectivity index (χ2n) is 5.47. The standard InChI is InChI=1S/C15H23NO/c1-11(2)15(13-6-4-8-16-10-13)12-5-3-7-14(17)9-12/h3,5,7,9,11,13,15-17H,4,6,8,10H2,1-2H3. The average molecular weight is 233 g/mol. The summed E-state index contributed by atoms with van der Waals surface area (Å²) in [6.07, 6.45) is 2.57. The molecule has 2 nitrogen and oxygen atoms in total. The van der Waals surface area contributed by atoms with Gasteiger partial charge in [0.2, 0.25) is 0 Å². The van der Waals surface area contributed by atoms with Crippen LogP contribution < -0.4 is 5.32 Å². The van der Waals surface area contributed by atoms with Gasteiger partial charge in [0.1, 0.15) is 5.75 Å². The van der Waals surface area contributed by atoms with Gasteiger partial charge < -0.3 is 10.4 Å². The van der Waals surface area contributed by atoms with Gasteiger partial charge in [0, 0.05) is 0 Å². The highest BCUT2D eigenvalue weighted by Gasteiger charge is 2.27. The summed E-state index contributed by atoms with van der Waals surface area (Å²) in [6.45, 7) is 6.83. The van der Waals surface area contributed by atoms with Gasteiger partial charge in [-0.15, -0.1) is 0 Å². The lowest BCUT2D eigenvalue weighted by Crippen LogP contribution is -2.34. The van der Waals surface area contributed by atoms with Gasteiger partial charge >= 0.3 is 0 Å². The van der Waals surface area contributed by atoms with Crippen LogP contribution in [0.4, 0.5) is 0 Å². The lowest BCUT2D eigenvalue weighted by Gasteiger charge is -2.33. The summed E-state index contributed by atoms with van der Waals surface area (Å²) in [7, 11) is 0. The topological polar surface area (TPSA) is 32.3 Å². The molecule has 1 heterocycles. The number of benzene rings is 1. The Balaban J connectivity index is 2.21. The zero-order chi connectivity index (χ0) is 12.3. The van der Waals surface area contributed by atoms with Gasteiger partial charge in [-0.25, -0.2) is 0 Å². The minimum atomic E-state index is 0.386. The molecule has 1 aliphatic rings. The second kappa shape index (κ2) is 5.54. The third-order valence-corrected chi connectivity index (χ3v) is 3.82. The lowest BCUT2D eigenvalue weighted by atomic mass is 9.75. The maximum Gasteiger partial charge on any atom is 0.115 e. The van der Waals surface area contributed by atoms with Crippen LogP contribution in [-0.4, -0.2) is 18.2 Å². The fourth-order valence-electron chi connectivity index (χ4n) is 3.12. The first-order valence-corrected chi connectivity index (χ1v) is 6.68. The monoisotopic (exact) mass is 233 g/mol. The van der Waals surface area contributed by atoms with E-state index in [4.69, 9.17) is 0 Å². The third kappa shape index (κ3) is 3.01. The molecule has 17 heavy (non-hydrogen) atoms. The van der Waals surface area contributed by atoms with Crippen molar-refractivity contribution in [1.29, 1.82) is 0 Å². The molecule has 1 fully saturated rings. The summed E-state index contributed by atoms with van der Waals surface area (Å²) >= 11 is 0. The van der Waals surface area contributed by atoms with Crippen molar-refractivity contribution in [2.45, 2.75) is 32.6 Å². The van der Waals surface area contributed by atoms with E-state index in [9.17, 15) is 5.11 Å². The van der Waals surface area contributed by atoms with Crippen molar-refractivity contribution >= 4 is 0 Å². The van der Waals surface area contributed by atoms with Crippen LogP contribution in [0.25, 0.3) is 0 Å². The summed E-state index contributed by atoms with van der Waals surface area (Å²) in [5, 5.41) is 13.1. The van der Waals surface area contributed by atoms with E-state index in [1.54, 1.807) is 6.07 Å². The number of piperidine rings is 1. The van der Waals surface area contributed by atoms with Gasteiger partial charge in [-0.05, 0) is 61.4 Å². The van der Waals surface area contributed by atoms with E-state index in [0.717, 1.165) is 13.1 Å². The summed E-state index contributed by atoms with van der Waals surface area (Å²) in [5.74, 6) is 2.25. The van der Waals surface area contributed by atoms with Crippen LogP contribution in [0.15, 0.2) is 24.3 Å². The van der Waals surface area contributed by atoms with E-state index in [1.165, 1.54) is 18.4 Å². The SMILES string of the molecule is CC(C)C(c1cccc(O)c1)C1CCCNC1. The molecule has 0 aromatic heterocycles. The molecule has 2 atom stereocenters. The highest BCUT2D eigenvalue weighted by Crippen LogP contribution is 2.36. The fraction of sp³-hybridized carbons (Fsp3) is 0.600. The predicted molar refractivity (Wildman–Crippen MR) is 71.3 cm³/mol. The molecule has 0 aliphatic carbocycles. The molecule has 2 rings (SSSR count). The largest absolute Gasteiger partial charge is 0.508 e. The number of hydrogen-bond donors (Lipinski definition) is 2. The highest BCUT2D eigenvalue weighted by molar-refractivity contribution is 5.30. The Labute approximate surface area is 104 Å². The molecule has 0 radical (unpaired) electrons. The fourth-order valence-corrected chi connectivity index (χ4v) is 3.12. The van der Waals surface area contributed by atoms with Gasteiger partial charge in [0.15, 0.2) is 0 Å². The molecule has 2 N–H and O–H groups in total. The Kier molecular flexibility index (Phi) is 4.06. The number of aromatic hydroxyl groups is 1. The van der Waals surface area contributed by atoms with Gasteiger partial charge in [-0.3, -0.25) is 0 Å². The molecule has 0 spiro atoms. The molecule has 1 aromatic rings. The number of phenolic OH excluding ortho intramolecular Hbond substituents is 1. The van der Waals surface area contributed by atoms with Crippen molar-refractivity contribution in [2.75, 3.05) is 13.1 Å². The summed E-state index contributed by atoms with van der Waals surface area (Å²) in [4.78, 5) is 0. The lowest BCUT2D eigenvalue weighted by molar-refractivity contribution is 0.275. The third-order valence-electron chi connectivity index (χ3n) is 3.82. The first-order valence-electron chi connectivity index (χ1n) is 6.68. The Bertz CT molecular complexity index is 356. The van der Waals surface area contributed by atoms with E-state index in [1.807, 2.05) is 12.1 Å². The first kappa shape index (κ1) is 12.4. The molecule has 2 unspecified atom stereocenters. The molecule has 1 aromatic carbocycles. The Morgan fingerprint density at radius 3 is 2.76 bits per heavy atom. The Hall–Kier alpha value is -1.02. The van der Waals surface area contributed by atoms with Crippen LogP contribution in [0.5, 0.6) is 5.75 Å². The van der Waals surface area contributed by atoms with Crippen molar-refractivity contribution < 1.29 is 5.11 Å². The maximum atomic E-state index is 9.63. The minimum Gasteiger partial charge on any atom is -0.508 e. The van der Waals surface area contributed by atoms with Crippen LogP contribution in [0.3, 0.4) is 0 Å². The normalized spacial score (nSPS) is 22.6.